The highest BCUT2D eigenvalue weighted by molar-refractivity contribution is 6.31. The number of fused-ring (bicyclic) bond motifs is 1. The summed E-state index contributed by atoms with van der Waals surface area (Å²) in [6, 6.07) is 5.12. The Morgan fingerprint density at radius 2 is 2.00 bits per heavy atom. The normalized spacial score (nSPS) is 20.4. The Labute approximate surface area is 170 Å². The summed E-state index contributed by atoms with van der Waals surface area (Å²) in [7, 11) is 0. The Kier molecular flexibility index (Phi) is 6.62. The zero-order valence-corrected chi connectivity index (χ0v) is 17.2. The largest absolute Gasteiger partial charge is 0.477 e. The number of rotatable bonds is 7. The summed E-state index contributed by atoms with van der Waals surface area (Å²) in [6.07, 6.45) is 2.18. The number of piperidine rings is 1. The summed E-state index contributed by atoms with van der Waals surface area (Å²) >= 11 is 6.05. The van der Waals surface area contributed by atoms with Crippen LogP contribution in [0, 0.1) is 11.8 Å². The summed E-state index contributed by atoms with van der Waals surface area (Å²) in [5, 5.41) is 13.6. The Bertz CT molecular complexity index is 854. The summed E-state index contributed by atoms with van der Waals surface area (Å²) in [4.78, 5) is 29.3. The predicted molar refractivity (Wildman–Crippen MR) is 111 cm³/mol. The van der Waals surface area contributed by atoms with Crippen molar-refractivity contribution in [1.29, 1.82) is 0 Å². The molecule has 3 rings (SSSR count). The topological polar surface area (TPSA) is 85.4 Å². The van der Waals surface area contributed by atoms with Crippen LogP contribution in [0.25, 0.3) is 10.9 Å². The molecule has 1 fully saturated rings. The lowest BCUT2D eigenvalue weighted by Gasteiger charge is -2.34. The van der Waals surface area contributed by atoms with Crippen LogP contribution in [0.1, 0.15) is 42.7 Å². The second kappa shape index (κ2) is 8.97. The molecule has 0 radical (unpaired) electrons. The number of aromatic carboxylic acids is 1. The Morgan fingerprint density at radius 1 is 1.29 bits per heavy atom. The summed E-state index contributed by atoms with van der Waals surface area (Å²) < 4.78 is 0. The maximum atomic E-state index is 12.4. The highest BCUT2D eigenvalue weighted by Gasteiger charge is 2.22. The van der Waals surface area contributed by atoms with Crippen molar-refractivity contribution in [2.45, 2.75) is 33.1 Å². The molecule has 6 nitrogen and oxygen atoms in total. The van der Waals surface area contributed by atoms with E-state index in [1.54, 1.807) is 18.2 Å². The fraction of sp³-hybridized carbons (Fsp3) is 0.524. The molecule has 0 saturated carbocycles. The fourth-order valence-corrected chi connectivity index (χ4v) is 4.49. The molecule has 1 amide bonds. The number of amides is 1. The van der Waals surface area contributed by atoms with Crippen molar-refractivity contribution in [3.8, 4) is 0 Å². The molecule has 1 aliphatic rings. The van der Waals surface area contributed by atoms with Gasteiger partial charge >= 0.3 is 5.97 Å². The molecular formula is C21H28ClN3O3. The van der Waals surface area contributed by atoms with Crippen molar-refractivity contribution in [2.24, 2.45) is 11.8 Å². The van der Waals surface area contributed by atoms with Crippen LogP contribution < -0.4 is 5.32 Å². The monoisotopic (exact) mass is 405 g/mol. The third-order valence-corrected chi connectivity index (χ3v) is 5.57. The van der Waals surface area contributed by atoms with Crippen molar-refractivity contribution in [1.82, 2.24) is 15.2 Å². The molecule has 2 atom stereocenters. The highest BCUT2D eigenvalue weighted by atomic mass is 35.5. The number of hydrogen-bond acceptors (Lipinski definition) is 3. The molecule has 0 unspecified atom stereocenters. The Balaban J connectivity index is 1.55. The third-order valence-electron chi connectivity index (χ3n) is 5.34. The number of carboxylic acid groups (broad SMARTS) is 1. The van der Waals surface area contributed by atoms with Crippen LogP contribution in [0.3, 0.4) is 0 Å². The summed E-state index contributed by atoms with van der Waals surface area (Å²) in [5.74, 6) is 0.190. The van der Waals surface area contributed by atoms with Gasteiger partial charge in [-0.1, -0.05) is 25.4 Å². The third kappa shape index (κ3) is 5.06. The van der Waals surface area contributed by atoms with Crippen LogP contribution >= 0.6 is 11.6 Å². The lowest BCUT2D eigenvalue weighted by molar-refractivity contribution is -0.120. The molecule has 0 bridgehead atoms. The van der Waals surface area contributed by atoms with Crippen LogP contribution in [0.5, 0.6) is 0 Å². The van der Waals surface area contributed by atoms with Gasteiger partial charge in [-0.25, -0.2) is 4.79 Å². The van der Waals surface area contributed by atoms with Crippen molar-refractivity contribution < 1.29 is 14.7 Å². The molecule has 1 aromatic heterocycles. The van der Waals surface area contributed by atoms with E-state index in [1.807, 2.05) is 0 Å². The molecule has 2 heterocycles. The van der Waals surface area contributed by atoms with Gasteiger partial charge in [0.1, 0.15) is 5.69 Å². The first-order chi connectivity index (χ1) is 13.3. The SMILES string of the molecule is C[C@@H]1C[C@H](C)CN(CCCNC(=O)Cc2c(C(=O)O)[nH]c3ccc(Cl)cc23)C1. The Morgan fingerprint density at radius 3 is 2.68 bits per heavy atom. The zero-order valence-electron chi connectivity index (χ0n) is 16.4. The van der Waals surface area contributed by atoms with E-state index in [0.29, 0.717) is 28.0 Å². The van der Waals surface area contributed by atoms with E-state index in [0.717, 1.165) is 37.9 Å². The molecule has 2 aromatic rings. The molecule has 28 heavy (non-hydrogen) atoms. The molecule has 1 aliphatic heterocycles. The van der Waals surface area contributed by atoms with E-state index < -0.39 is 5.97 Å². The second-order valence-electron chi connectivity index (χ2n) is 8.06. The first-order valence-electron chi connectivity index (χ1n) is 9.86. The number of halogens is 1. The van der Waals surface area contributed by atoms with Gasteiger partial charge in [-0.15, -0.1) is 0 Å². The molecule has 0 spiro atoms. The first-order valence-corrected chi connectivity index (χ1v) is 10.2. The van der Waals surface area contributed by atoms with Crippen LogP contribution in [-0.2, 0) is 11.2 Å². The molecule has 152 valence electrons. The number of aromatic amines is 1. The summed E-state index contributed by atoms with van der Waals surface area (Å²) in [5.41, 5.74) is 1.18. The molecule has 1 saturated heterocycles. The minimum atomic E-state index is -1.08. The van der Waals surface area contributed by atoms with Gasteiger partial charge in [0, 0.05) is 41.1 Å². The zero-order chi connectivity index (χ0) is 20.3. The maximum Gasteiger partial charge on any atom is 0.352 e. The number of H-pyrrole nitrogens is 1. The van der Waals surface area contributed by atoms with Crippen LogP contribution in [0.2, 0.25) is 5.02 Å². The van der Waals surface area contributed by atoms with E-state index in [-0.39, 0.29) is 18.0 Å². The second-order valence-corrected chi connectivity index (χ2v) is 8.50. The molecular weight excluding hydrogens is 378 g/mol. The van der Waals surface area contributed by atoms with Crippen molar-refractivity contribution in [3.05, 3.63) is 34.5 Å². The van der Waals surface area contributed by atoms with Crippen LogP contribution in [0.15, 0.2) is 18.2 Å². The molecule has 0 aliphatic carbocycles. The van der Waals surface area contributed by atoms with Gasteiger partial charge in [0.2, 0.25) is 5.91 Å². The number of aromatic nitrogens is 1. The number of benzene rings is 1. The summed E-state index contributed by atoms with van der Waals surface area (Å²) in [6.45, 7) is 8.38. The minimum Gasteiger partial charge on any atom is -0.477 e. The number of hydrogen-bond donors (Lipinski definition) is 3. The number of carbonyl (C=O) groups excluding carboxylic acids is 1. The predicted octanol–water partition coefficient (Wildman–Crippen LogP) is 3.55. The van der Waals surface area contributed by atoms with E-state index in [4.69, 9.17) is 11.6 Å². The smallest absolute Gasteiger partial charge is 0.352 e. The van der Waals surface area contributed by atoms with Gasteiger partial charge in [0.15, 0.2) is 0 Å². The quantitative estimate of drug-likeness (QED) is 0.615. The van der Waals surface area contributed by atoms with Crippen molar-refractivity contribution in [3.63, 3.8) is 0 Å². The van der Waals surface area contributed by atoms with Crippen LogP contribution in [-0.4, -0.2) is 53.0 Å². The number of likely N-dealkylation sites (tertiary alicyclic amines) is 1. The van der Waals surface area contributed by atoms with Gasteiger partial charge in [-0.3, -0.25) is 4.79 Å². The number of nitrogens with one attached hydrogen (secondary N) is 2. The molecule has 1 aromatic carbocycles. The lowest BCUT2D eigenvalue weighted by atomic mass is 9.92. The van der Waals surface area contributed by atoms with Crippen molar-refractivity contribution >= 4 is 34.4 Å². The fourth-order valence-electron chi connectivity index (χ4n) is 4.31. The number of carboxylic acids is 1. The van der Waals surface area contributed by atoms with Gasteiger partial charge in [-0.2, -0.15) is 0 Å². The van der Waals surface area contributed by atoms with Gasteiger partial charge < -0.3 is 20.3 Å². The van der Waals surface area contributed by atoms with Gasteiger partial charge in [0.25, 0.3) is 0 Å². The minimum absolute atomic E-state index is 0.0136. The van der Waals surface area contributed by atoms with E-state index in [1.165, 1.54) is 6.42 Å². The Hall–Kier alpha value is -2.05. The molecule has 3 N–H and O–H groups in total. The van der Waals surface area contributed by atoms with Crippen molar-refractivity contribution in [2.75, 3.05) is 26.2 Å². The average Bonchev–Trinajstić information content (AvgIpc) is 2.96. The first kappa shape index (κ1) is 20.7. The number of carbonyl (C=O) groups is 2. The average molecular weight is 406 g/mol. The standard InChI is InChI=1S/C21H28ClN3O3/c1-13-8-14(2)12-25(11-13)7-3-6-23-19(26)10-17-16-9-15(22)4-5-18(16)24-20(17)21(27)28/h4-5,9,13-14,24H,3,6-8,10-12H2,1-2H3,(H,23,26)(H,27,28)/t13-,14+. The number of nitrogens with zero attached hydrogens (tertiary/aromatic N) is 1. The highest BCUT2D eigenvalue weighted by Crippen LogP contribution is 2.26. The molecule has 7 heteroatoms. The van der Waals surface area contributed by atoms with Gasteiger partial charge in [0.05, 0.1) is 6.42 Å². The maximum absolute atomic E-state index is 12.4. The van der Waals surface area contributed by atoms with Gasteiger partial charge in [-0.05, 0) is 49.4 Å². The van der Waals surface area contributed by atoms with E-state index in [2.05, 4.69) is 29.0 Å². The van der Waals surface area contributed by atoms with E-state index in [9.17, 15) is 14.7 Å². The van der Waals surface area contributed by atoms with E-state index >= 15 is 0 Å². The lowest BCUT2D eigenvalue weighted by Crippen LogP contribution is -2.40. The van der Waals surface area contributed by atoms with Crippen LogP contribution in [0.4, 0.5) is 0 Å².